The second-order valence-electron chi connectivity index (χ2n) is 6.45. The van der Waals surface area contributed by atoms with Crippen LogP contribution in [0.25, 0.3) is 10.9 Å². The third kappa shape index (κ3) is 4.04. The number of thiocarbonyl (C=S) groups is 1. The number of pyridine rings is 1. The average molecular weight is 395 g/mol. The van der Waals surface area contributed by atoms with Crippen molar-refractivity contribution in [2.45, 2.75) is 6.54 Å². The van der Waals surface area contributed by atoms with E-state index in [4.69, 9.17) is 12.2 Å². The summed E-state index contributed by atoms with van der Waals surface area (Å²) in [5.41, 5.74) is 2.72. The number of para-hydroxylation sites is 1. The number of aryl methyl sites for hydroxylation is 1. The van der Waals surface area contributed by atoms with Crippen molar-refractivity contribution in [3.63, 3.8) is 0 Å². The van der Waals surface area contributed by atoms with Gasteiger partial charge >= 0.3 is 5.97 Å². The molecule has 7 heteroatoms. The monoisotopic (exact) mass is 395 g/mol. The highest BCUT2D eigenvalue weighted by molar-refractivity contribution is 7.80. The number of anilines is 1. The SMILES string of the molecule is COC(=O)c1ccc(NC(=S)N(C)Cc2cc3ccccc3n(C)c2=O)cc1. The highest BCUT2D eigenvalue weighted by Gasteiger charge is 2.12. The van der Waals surface area contributed by atoms with Gasteiger partial charge in [-0.05, 0) is 54.0 Å². The van der Waals surface area contributed by atoms with Gasteiger partial charge in [-0.2, -0.15) is 0 Å². The van der Waals surface area contributed by atoms with Gasteiger partial charge in [0.25, 0.3) is 5.56 Å². The smallest absolute Gasteiger partial charge is 0.337 e. The third-order valence-corrected chi connectivity index (χ3v) is 4.93. The predicted octanol–water partition coefficient (Wildman–Crippen LogP) is 3.15. The van der Waals surface area contributed by atoms with E-state index in [0.717, 1.165) is 16.6 Å². The summed E-state index contributed by atoms with van der Waals surface area (Å²) < 4.78 is 6.34. The number of aromatic nitrogens is 1. The first-order valence-electron chi connectivity index (χ1n) is 8.69. The van der Waals surface area contributed by atoms with Crippen LogP contribution in [0.5, 0.6) is 0 Å². The number of methoxy groups -OCH3 is 1. The molecule has 144 valence electrons. The molecule has 0 aliphatic heterocycles. The first-order chi connectivity index (χ1) is 13.4. The predicted molar refractivity (Wildman–Crippen MR) is 115 cm³/mol. The Morgan fingerprint density at radius 3 is 2.54 bits per heavy atom. The lowest BCUT2D eigenvalue weighted by Crippen LogP contribution is -2.33. The molecule has 0 amide bonds. The van der Waals surface area contributed by atoms with Crippen LogP contribution in [-0.2, 0) is 18.3 Å². The Kier molecular flexibility index (Phi) is 5.75. The summed E-state index contributed by atoms with van der Waals surface area (Å²) in [6, 6.07) is 16.5. The lowest BCUT2D eigenvalue weighted by Gasteiger charge is -2.21. The Morgan fingerprint density at radius 1 is 1.18 bits per heavy atom. The maximum Gasteiger partial charge on any atom is 0.337 e. The van der Waals surface area contributed by atoms with Crippen molar-refractivity contribution >= 4 is 39.9 Å². The van der Waals surface area contributed by atoms with Gasteiger partial charge < -0.3 is 19.5 Å². The molecule has 1 aromatic heterocycles. The Labute approximate surface area is 168 Å². The number of ether oxygens (including phenoxy) is 1. The van der Waals surface area contributed by atoms with E-state index in [2.05, 4.69) is 10.1 Å². The summed E-state index contributed by atoms with van der Waals surface area (Å²) in [6.45, 7) is 0.379. The molecular weight excluding hydrogens is 374 g/mol. The standard InChI is InChI=1S/C21H21N3O3S/c1-23(21(28)22-17-10-8-14(9-11-17)20(26)27-3)13-16-12-15-6-4-5-7-18(15)24(2)19(16)25/h4-12H,13H2,1-3H3,(H,22,28). The number of nitrogens with one attached hydrogen (secondary N) is 1. The molecule has 0 fully saturated rings. The Bertz CT molecular complexity index is 1090. The average Bonchev–Trinajstić information content (AvgIpc) is 2.71. The quantitative estimate of drug-likeness (QED) is 0.541. The minimum absolute atomic E-state index is 0.0456. The number of hydrogen-bond donors (Lipinski definition) is 1. The van der Waals surface area contributed by atoms with Gasteiger partial charge in [0.2, 0.25) is 0 Å². The molecule has 0 aliphatic carbocycles. The number of rotatable bonds is 4. The van der Waals surface area contributed by atoms with Crippen LogP contribution in [0.15, 0.2) is 59.4 Å². The summed E-state index contributed by atoms with van der Waals surface area (Å²) >= 11 is 5.45. The van der Waals surface area contributed by atoms with Crippen LogP contribution < -0.4 is 10.9 Å². The van der Waals surface area contributed by atoms with Gasteiger partial charge in [-0.15, -0.1) is 0 Å². The fourth-order valence-corrected chi connectivity index (χ4v) is 3.14. The summed E-state index contributed by atoms with van der Waals surface area (Å²) in [7, 11) is 4.94. The molecule has 2 aromatic carbocycles. The molecule has 0 spiro atoms. The molecule has 28 heavy (non-hydrogen) atoms. The van der Waals surface area contributed by atoms with E-state index >= 15 is 0 Å². The number of carbonyl (C=O) groups excluding carboxylic acids is 1. The number of carbonyl (C=O) groups is 1. The third-order valence-electron chi connectivity index (χ3n) is 4.52. The zero-order valence-electron chi connectivity index (χ0n) is 15.9. The van der Waals surface area contributed by atoms with Gasteiger partial charge in [0.15, 0.2) is 5.11 Å². The van der Waals surface area contributed by atoms with E-state index in [0.29, 0.717) is 22.8 Å². The summed E-state index contributed by atoms with van der Waals surface area (Å²) in [5, 5.41) is 4.59. The maximum atomic E-state index is 12.7. The molecule has 0 atom stereocenters. The molecule has 0 saturated heterocycles. The number of hydrogen-bond acceptors (Lipinski definition) is 4. The van der Waals surface area contributed by atoms with Crippen LogP contribution in [0.2, 0.25) is 0 Å². The van der Waals surface area contributed by atoms with Crippen molar-refractivity contribution in [2.75, 3.05) is 19.5 Å². The lowest BCUT2D eigenvalue weighted by atomic mass is 10.1. The molecule has 6 nitrogen and oxygen atoms in total. The fraction of sp³-hybridized carbons (Fsp3) is 0.190. The molecule has 0 radical (unpaired) electrons. The topological polar surface area (TPSA) is 63.6 Å². The van der Waals surface area contributed by atoms with Crippen molar-refractivity contribution in [3.8, 4) is 0 Å². The molecule has 0 saturated carbocycles. The highest BCUT2D eigenvalue weighted by Crippen LogP contribution is 2.15. The van der Waals surface area contributed by atoms with Crippen molar-refractivity contribution in [2.24, 2.45) is 7.05 Å². The van der Waals surface area contributed by atoms with Crippen LogP contribution in [0, 0.1) is 0 Å². The van der Waals surface area contributed by atoms with Crippen molar-refractivity contribution in [1.82, 2.24) is 9.47 Å². The molecule has 0 bridgehead atoms. The second kappa shape index (κ2) is 8.22. The molecule has 0 unspecified atom stereocenters. The highest BCUT2D eigenvalue weighted by atomic mass is 32.1. The van der Waals surface area contributed by atoms with Crippen molar-refractivity contribution in [3.05, 3.63) is 76.1 Å². The summed E-state index contributed by atoms with van der Waals surface area (Å²) in [4.78, 5) is 26.0. The molecule has 1 N–H and O–H groups in total. The summed E-state index contributed by atoms with van der Waals surface area (Å²) in [6.07, 6.45) is 0. The van der Waals surface area contributed by atoms with Crippen LogP contribution in [0.1, 0.15) is 15.9 Å². The minimum Gasteiger partial charge on any atom is -0.465 e. The van der Waals surface area contributed by atoms with Crippen molar-refractivity contribution < 1.29 is 9.53 Å². The minimum atomic E-state index is -0.390. The van der Waals surface area contributed by atoms with Crippen LogP contribution in [0.3, 0.4) is 0 Å². The van der Waals surface area contributed by atoms with Crippen molar-refractivity contribution in [1.29, 1.82) is 0 Å². The lowest BCUT2D eigenvalue weighted by molar-refractivity contribution is 0.0601. The van der Waals surface area contributed by atoms with E-state index in [1.165, 1.54) is 7.11 Å². The molecule has 3 aromatic rings. The largest absolute Gasteiger partial charge is 0.465 e. The van der Waals surface area contributed by atoms with Gasteiger partial charge in [-0.1, -0.05) is 18.2 Å². The molecule has 1 heterocycles. The zero-order valence-corrected chi connectivity index (χ0v) is 16.7. The second-order valence-corrected chi connectivity index (χ2v) is 6.83. The van der Waals surface area contributed by atoms with Gasteiger partial charge in [0.1, 0.15) is 0 Å². The van der Waals surface area contributed by atoms with E-state index in [9.17, 15) is 9.59 Å². The Hall–Kier alpha value is -3.19. The van der Waals surface area contributed by atoms with Gasteiger partial charge in [-0.3, -0.25) is 4.79 Å². The number of nitrogens with zero attached hydrogens (tertiary/aromatic N) is 2. The van der Waals surface area contributed by atoms with Crippen LogP contribution in [0.4, 0.5) is 5.69 Å². The molecule has 3 rings (SSSR count). The van der Waals surface area contributed by atoms with Crippen LogP contribution >= 0.6 is 12.2 Å². The zero-order chi connectivity index (χ0) is 20.3. The van der Waals surface area contributed by atoms with E-state index < -0.39 is 5.97 Å². The van der Waals surface area contributed by atoms with Gasteiger partial charge in [0, 0.05) is 25.3 Å². The van der Waals surface area contributed by atoms with Crippen LogP contribution in [-0.4, -0.2) is 34.7 Å². The van der Waals surface area contributed by atoms with Gasteiger partial charge in [0.05, 0.1) is 24.7 Å². The number of esters is 1. The van der Waals surface area contributed by atoms with E-state index in [1.807, 2.05) is 37.4 Å². The fourth-order valence-electron chi connectivity index (χ4n) is 2.96. The first kappa shape index (κ1) is 19.6. The molecular formula is C21H21N3O3S. The number of fused-ring (bicyclic) bond motifs is 1. The van der Waals surface area contributed by atoms with Gasteiger partial charge in [-0.25, -0.2) is 4.79 Å². The normalized spacial score (nSPS) is 10.5. The first-order valence-corrected chi connectivity index (χ1v) is 9.09. The van der Waals surface area contributed by atoms with E-state index in [-0.39, 0.29) is 5.56 Å². The Balaban J connectivity index is 1.74. The maximum absolute atomic E-state index is 12.7. The number of benzene rings is 2. The Morgan fingerprint density at radius 2 is 1.86 bits per heavy atom. The summed E-state index contributed by atoms with van der Waals surface area (Å²) in [5.74, 6) is -0.390. The molecule has 0 aliphatic rings. The van der Waals surface area contributed by atoms with E-state index in [1.54, 1.807) is 40.8 Å².